The van der Waals surface area contributed by atoms with Crippen molar-refractivity contribution in [2.24, 2.45) is 0 Å². The highest BCUT2D eigenvalue weighted by atomic mass is 16.5. The number of hydrogen-bond acceptors (Lipinski definition) is 3. The Morgan fingerprint density at radius 1 is 1.35 bits per heavy atom. The summed E-state index contributed by atoms with van der Waals surface area (Å²) in [5.74, 6) is 0.0155. The van der Waals surface area contributed by atoms with Crippen molar-refractivity contribution in [3.63, 3.8) is 0 Å². The highest BCUT2D eigenvalue weighted by Gasteiger charge is 2.22. The van der Waals surface area contributed by atoms with Crippen molar-refractivity contribution < 1.29 is 9.53 Å². The second-order valence-corrected chi connectivity index (χ2v) is 6.05. The number of benzene rings is 1. The van der Waals surface area contributed by atoms with Crippen LogP contribution in [0.3, 0.4) is 0 Å². The third kappa shape index (κ3) is 3.79. The van der Waals surface area contributed by atoms with E-state index in [1.54, 1.807) is 0 Å². The maximum Gasteiger partial charge on any atom is 0.249 e. The van der Waals surface area contributed by atoms with Crippen molar-refractivity contribution in [2.45, 2.75) is 39.2 Å². The van der Waals surface area contributed by atoms with Gasteiger partial charge in [0.2, 0.25) is 5.91 Å². The fraction of sp³-hybridized carbons (Fsp3) is 0.444. The van der Waals surface area contributed by atoms with E-state index in [1.807, 2.05) is 11.6 Å². The molecule has 1 saturated heterocycles. The Kier molecular flexibility index (Phi) is 4.76. The molecule has 1 aliphatic heterocycles. The Labute approximate surface area is 136 Å². The zero-order valence-corrected chi connectivity index (χ0v) is 13.7. The smallest absolute Gasteiger partial charge is 0.249 e. The van der Waals surface area contributed by atoms with E-state index in [2.05, 4.69) is 47.7 Å². The fourth-order valence-corrected chi connectivity index (χ4v) is 2.92. The molecular formula is C18H23N3O2. The van der Waals surface area contributed by atoms with Gasteiger partial charge in [0.15, 0.2) is 0 Å². The first-order valence-corrected chi connectivity index (χ1v) is 8.15. The molecule has 0 aliphatic carbocycles. The van der Waals surface area contributed by atoms with Crippen LogP contribution in [0.1, 0.15) is 29.8 Å². The van der Waals surface area contributed by atoms with Gasteiger partial charge in [0, 0.05) is 18.8 Å². The van der Waals surface area contributed by atoms with E-state index < -0.39 is 0 Å². The molecule has 1 fully saturated rings. The molecule has 122 valence electrons. The highest BCUT2D eigenvalue weighted by molar-refractivity contribution is 5.80. The molecule has 0 radical (unpaired) electrons. The van der Waals surface area contributed by atoms with Crippen LogP contribution in [0.25, 0.3) is 5.69 Å². The van der Waals surface area contributed by atoms with Crippen molar-refractivity contribution >= 4 is 5.91 Å². The summed E-state index contributed by atoms with van der Waals surface area (Å²) >= 11 is 0. The van der Waals surface area contributed by atoms with Crippen molar-refractivity contribution in [3.05, 3.63) is 47.3 Å². The van der Waals surface area contributed by atoms with Gasteiger partial charge in [-0.3, -0.25) is 4.79 Å². The van der Waals surface area contributed by atoms with Gasteiger partial charge in [0.05, 0.1) is 11.4 Å². The summed E-state index contributed by atoms with van der Waals surface area (Å²) in [4.78, 5) is 11.9. The zero-order chi connectivity index (χ0) is 16.2. The molecular weight excluding hydrogens is 290 g/mol. The SMILES string of the molecule is Cc1cc(C)n(-c2ccc(CCNC(=O)[C@H]3CCCO3)cc2)n1. The highest BCUT2D eigenvalue weighted by Crippen LogP contribution is 2.14. The molecule has 0 bridgehead atoms. The molecule has 1 aromatic carbocycles. The van der Waals surface area contributed by atoms with Gasteiger partial charge < -0.3 is 10.1 Å². The summed E-state index contributed by atoms with van der Waals surface area (Å²) < 4.78 is 7.32. The van der Waals surface area contributed by atoms with Gasteiger partial charge in [-0.25, -0.2) is 4.68 Å². The molecule has 2 aromatic rings. The van der Waals surface area contributed by atoms with Crippen LogP contribution in [0.15, 0.2) is 30.3 Å². The number of nitrogens with zero attached hydrogens (tertiary/aromatic N) is 2. The summed E-state index contributed by atoms with van der Waals surface area (Å²) in [6.07, 6.45) is 2.38. The molecule has 1 aromatic heterocycles. The lowest BCUT2D eigenvalue weighted by atomic mass is 10.1. The number of ether oxygens (including phenoxy) is 1. The molecule has 2 heterocycles. The molecule has 23 heavy (non-hydrogen) atoms. The number of amides is 1. The summed E-state index contributed by atoms with van der Waals surface area (Å²) in [6, 6.07) is 10.4. The number of nitrogens with one attached hydrogen (secondary N) is 1. The number of aryl methyl sites for hydroxylation is 2. The molecule has 1 N–H and O–H groups in total. The summed E-state index contributed by atoms with van der Waals surface area (Å²) in [6.45, 7) is 5.38. The maximum atomic E-state index is 11.9. The molecule has 1 aliphatic rings. The van der Waals surface area contributed by atoms with Gasteiger partial charge >= 0.3 is 0 Å². The first kappa shape index (κ1) is 15.7. The van der Waals surface area contributed by atoms with Gasteiger partial charge in [0.1, 0.15) is 6.10 Å². The third-order valence-corrected chi connectivity index (χ3v) is 4.13. The monoisotopic (exact) mass is 313 g/mol. The second-order valence-electron chi connectivity index (χ2n) is 6.05. The lowest BCUT2D eigenvalue weighted by molar-refractivity contribution is -0.129. The lowest BCUT2D eigenvalue weighted by Crippen LogP contribution is -2.35. The van der Waals surface area contributed by atoms with Crippen LogP contribution < -0.4 is 5.32 Å². The number of aromatic nitrogens is 2. The van der Waals surface area contributed by atoms with Gasteiger partial charge in [0.25, 0.3) is 0 Å². The number of hydrogen-bond donors (Lipinski definition) is 1. The molecule has 3 rings (SSSR count). The zero-order valence-electron chi connectivity index (χ0n) is 13.7. The van der Waals surface area contributed by atoms with E-state index >= 15 is 0 Å². The van der Waals surface area contributed by atoms with Crippen LogP contribution in [0.2, 0.25) is 0 Å². The van der Waals surface area contributed by atoms with Gasteiger partial charge in [-0.1, -0.05) is 12.1 Å². The summed E-state index contributed by atoms with van der Waals surface area (Å²) in [5.41, 5.74) is 4.40. The fourth-order valence-electron chi connectivity index (χ4n) is 2.92. The quantitative estimate of drug-likeness (QED) is 0.922. The van der Waals surface area contributed by atoms with E-state index in [0.29, 0.717) is 13.2 Å². The number of carbonyl (C=O) groups is 1. The third-order valence-electron chi connectivity index (χ3n) is 4.13. The molecule has 0 saturated carbocycles. The molecule has 0 unspecified atom stereocenters. The second kappa shape index (κ2) is 6.96. The number of rotatable bonds is 5. The van der Waals surface area contributed by atoms with Crippen LogP contribution in [0.5, 0.6) is 0 Å². The van der Waals surface area contributed by atoms with E-state index in [4.69, 9.17) is 4.74 Å². The number of carbonyl (C=O) groups excluding carboxylic acids is 1. The standard InChI is InChI=1S/C18H23N3O2/c1-13-12-14(2)21(20-13)16-7-5-15(6-8-16)9-10-19-18(22)17-4-3-11-23-17/h5-8,12,17H,3-4,9-11H2,1-2H3,(H,19,22)/t17-/m1/s1. The van der Waals surface area contributed by atoms with Crippen LogP contribution in [0, 0.1) is 13.8 Å². The first-order chi connectivity index (χ1) is 11.1. The molecule has 1 amide bonds. The Hall–Kier alpha value is -2.14. The predicted octanol–water partition coefficient (Wildman–Crippen LogP) is 2.33. The van der Waals surface area contributed by atoms with E-state index in [-0.39, 0.29) is 12.0 Å². The van der Waals surface area contributed by atoms with E-state index in [1.165, 1.54) is 5.56 Å². The molecule has 0 spiro atoms. The Morgan fingerprint density at radius 3 is 2.74 bits per heavy atom. The first-order valence-electron chi connectivity index (χ1n) is 8.15. The maximum absolute atomic E-state index is 11.9. The summed E-state index contributed by atoms with van der Waals surface area (Å²) in [5, 5.41) is 7.44. The Morgan fingerprint density at radius 2 is 2.13 bits per heavy atom. The van der Waals surface area contributed by atoms with Crippen molar-refractivity contribution in [1.29, 1.82) is 0 Å². The van der Waals surface area contributed by atoms with Crippen LogP contribution in [0.4, 0.5) is 0 Å². The van der Waals surface area contributed by atoms with Gasteiger partial charge in [-0.05, 0) is 56.9 Å². The van der Waals surface area contributed by atoms with Gasteiger partial charge in [-0.2, -0.15) is 5.10 Å². The minimum atomic E-state index is -0.247. The van der Waals surface area contributed by atoms with Gasteiger partial charge in [-0.15, -0.1) is 0 Å². The van der Waals surface area contributed by atoms with Crippen molar-refractivity contribution in [1.82, 2.24) is 15.1 Å². The molecule has 5 nitrogen and oxygen atoms in total. The van der Waals surface area contributed by atoms with E-state index in [9.17, 15) is 4.79 Å². The van der Waals surface area contributed by atoms with Crippen LogP contribution in [-0.4, -0.2) is 34.9 Å². The largest absolute Gasteiger partial charge is 0.368 e. The minimum Gasteiger partial charge on any atom is -0.368 e. The lowest BCUT2D eigenvalue weighted by Gasteiger charge is -2.10. The summed E-state index contributed by atoms with van der Waals surface area (Å²) in [7, 11) is 0. The van der Waals surface area contributed by atoms with E-state index in [0.717, 1.165) is 36.3 Å². The Bertz CT molecular complexity index is 670. The molecule has 1 atom stereocenters. The predicted molar refractivity (Wildman–Crippen MR) is 88.7 cm³/mol. The topological polar surface area (TPSA) is 56.2 Å². The van der Waals surface area contributed by atoms with Crippen molar-refractivity contribution in [2.75, 3.05) is 13.2 Å². The van der Waals surface area contributed by atoms with Crippen LogP contribution >= 0.6 is 0 Å². The Balaban J connectivity index is 1.53. The van der Waals surface area contributed by atoms with Crippen LogP contribution in [-0.2, 0) is 16.0 Å². The molecule has 5 heteroatoms. The normalized spacial score (nSPS) is 17.4. The average molecular weight is 313 g/mol. The average Bonchev–Trinajstić information content (AvgIpc) is 3.18. The van der Waals surface area contributed by atoms with Crippen molar-refractivity contribution in [3.8, 4) is 5.69 Å². The minimum absolute atomic E-state index is 0.0155.